The van der Waals surface area contributed by atoms with Gasteiger partial charge >= 0.3 is 0 Å². The van der Waals surface area contributed by atoms with Gasteiger partial charge in [0.2, 0.25) is 0 Å². The van der Waals surface area contributed by atoms with E-state index in [0.717, 1.165) is 30.6 Å². The molecule has 2 fully saturated rings. The van der Waals surface area contributed by atoms with E-state index in [1.54, 1.807) is 6.07 Å². The largest absolute Gasteiger partial charge is 0.337 e. The zero-order valence-corrected chi connectivity index (χ0v) is 11.9. The van der Waals surface area contributed by atoms with E-state index in [0.29, 0.717) is 17.1 Å². The second-order valence-electron chi connectivity index (χ2n) is 5.64. The molecule has 2 heterocycles. The first-order valence-corrected chi connectivity index (χ1v) is 7.33. The molecule has 2 unspecified atom stereocenters. The molecule has 3 nitrogen and oxygen atoms in total. The summed E-state index contributed by atoms with van der Waals surface area (Å²) in [6, 6.07) is 6.58. The Morgan fingerprint density at radius 2 is 2.11 bits per heavy atom. The topological polar surface area (TPSA) is 32.3 Å². The van der Waals surface area contributed by atoms with Gasteiger partial charge in [-0.3, -0.25) is 4.79 Å². The highest BCUT2D eigenvalue weighted by molar-refractivity contribution is 6.30. The number of carbonyl (C=O) groups is 1. The lowest BCUT2D eigenvalue weighted by Gasteiger charge is -2.25. The van der Waals surface area contributed by atoms with Crippen LogP contribution in [-0.2, 0) is 0 Å². The maximum atomic E-state index is 12.6. The smallest absolute Gasteiger partial charge is 0.254 e. The van der Waals surface area contributed by atoms with E-state index >= 15 is 0 Å². The summed E-state index contributed by atoms with van der Waals surface area (Å²) in [4.78, 5) is 14.6. The molecular weight excluding hydrogens is 260 g/mol. The van der Waals surface area contributed by atoms with Gasteiger partial charge in [0.25, 0.3) is 5.91 Å². The number of fused-ring (bicyclic) bond motifs is 2. The number of carbonyl (C=O) groups excluding carboxylic acids is 1. The summed E-state index contributed by atoms with van der Waals surface area (Å²) >= 11 is 5.95. The molecule has 1 N–H and O–H groups in total. The minimum atomic E-state index is 0.142. The van der Waals surface area contributed by atoms with Gasteiger partial charge in [-0.05, 0) is 49.9 Å². The molecular formula is C15H19ClN2O. The van der Waals surface area contributed by atoms with Gasteiger partial charge in [-0.1, -0.05) is 11.6 Å². The predicted octanol–water partition coefficient (Wildman–Crippen LogP) is 2.61. The van der Waals surface area contributed by atoms with E-state index in [-0.39, 0.29) is 5.91 Å². The van der Waals surface area contributed by atoms with Crippen molar-refractivity contribution < 1.29 is 4.79 Å². The number of hydrogen-bond acceptors (Lipinski definition) is 2. The van der Waals surface area contributed by atoms with Crippen molar-refractivity contribution in [3.8, 4) is 0 Å². The highest BCUT2D eigenvalue weighted by Gasteiger charge is 2.31. The average Bonchev–Trinajstić information content (AvgIpc) is 2.68. The van der Waals surface area contributed by atoms with Crippen molar-refractivity contribution in [3.05, 3.63) is 34.3 Å². The predicted molar refractivity (Wildman–Crippen MR) is 76.7 cm³/mol. The first-order valence-electron chi connectivity index (χ1n) is 6.95. The van der Waals surface area contributed by atoms with Gasteiger partial charge in [0.15, 0.2) is 0 Å². The summed E-state index contributed by atoms with van der Waals surface area (Å²) in [5.41, 5.74) is 1.74. The van der Waals surface area contributed by atoms with Crippen LogP contribution in [0.25, 0.3) is 0 Å². The molecule has 0 spiro atoms. The minimum Gasteiger partial charge on any atom is -0.337 e. The van der Waals surface area contributed by atoms with Crippen LogP contribution in [0.5, 0.6) is 0 Å². The Kier molecular flexibility index (Phi) is 3.50. The van der Waals surface area contributed by atoms with E-state index in [2.05, 4.69) is 5.32 Å². The number of amides is 1. The second kappa shape index (κ2) is 5.14. The van der Waals surface area contributed by atoms with E-state index in [9.17, 15) is 4.79 Å². The van der Waals surface area contributed by atoms with Crippen LogP contribution in [0.1, 0.15) is 35.2 Å². The molecule has 2 aliphatic heterocycles. The van der Waals surface area contributed by atoms with E-state index in [1.807, 2.05) is 24.0 Å². The molecule has 4 heteroatoms. The number of nitrogens with one attached hydrogen (secondary N) is 1. The van der Waals surface area contributed by atoms with Crippen LogP contribution in [-0.4, -0.2) is 36.0 Å². The van der Waals surface area contributed by atoms with Crippen molar-refractivity contribution in [1.29, 1.82) is 0 Å². The third-order valence-electron chi connectivity index (χ3n) is 4.23. The Bertz CT molecular complexity index is 503. The molecule has 2 aliphatic rings. The molecule has 2 atom stereocenters. The second-order valence-corrected chi connectivity index (χ2v) is 6.07. The summed E-state index contributed by atoms with van der Waals surface area (Å²) in [6.45, 7) is 3.63. The van der Waals surface area contributed by atoms with Crippen LogP contribution in [0.4, 0.5) is 0 Å². The van der Waals surface area contributed by atoms with Gasteiger partial charge < -0.3 is 10.2 Å². The summed E-state index contributed by atoms with van der Waals surface area (Å²) in [5.74, 6) is 0.142. The summed E-state index contributed by atoms with van der Waals surface area (Å²) < 4.78 is 0. The monoisotopic (exact) mass is 278 g/mol. The van der Waals surface area contributed by atoms with Gasteiger partial charge in [-0.15, -0.1) is 0 Å². The number of nitrogens with zero attached hydrogens (tertiary/aromatic N) is 1. The standard InChI is InChI=1S/C15H19ClN2O/c1-10-8-11(16)2-5-14(10)15(19)18-7-6-12-3-4-13(9-18)17-12/h2,5,8,12-13,17H,3-4,6-7,9H2,1H3. The van der Waals surface area contributed by atoms with Gasteiger partial charge in [0.05, 0.1) is 0 Å². The fourth-order valence-corrected chi connectivity index (χ4v) is 3.39. The molecule has 1 amide bonds. The first kappa shape index (κ1) is 12.9. The molecule has 1 aromatic carbocycles. The van der Waals surface area contributed by atoms with Crippen molar-refractivity contribution in [2.75, 3.05) is 13.1 Å². The fraction of sp³-hybridized carbons (Fsp3) is 0.533. The van der Waals surface area contributed by atoms with E-state index in [1.165, 1.54) is 12.8 Å². The molecule has 2 bridgehead atoms. The Hall–Kier alpha value is -1.06. The minimum absolute atomic E-state index is 0.142. The third kappa shape index (κ3) is 2.63. The Morgan fingerprint density at radius 3 is 2.89 bits per heavy atom. The SMILES string of the molecule is Cc1cc(Cl)ccc1C(=O)N1CCC2CCC(C1)N2. The maximum Gasteiger partial charge on any atom is 0.254 e. The normalized spacial score (nSPS) is 26.3. The van der Waals surface area contributed by atoms with Crippen LogP contribution < -0.4 is 5.32 Å². The summed E-state index contributed by atoms with van der Waals surface area (Å²) in [7, 11) is 0. The molecule has 2 saturated heterocycles. The lowest BCUT2D eigenvalue weighted by Crippen LogP contribution is -2.39. The highest BCUT2D eigenvalue weighted by Crippen LogP contribution is 2.23. The number of likely N-dealkylation sites (tertiary alicyclic amines) is 1. The Morgan fingerprint density at radius 1 is 1.32 bits per heavy atom. The lowest BCUT2D eigenvalue weighted by molar-refractivity contribution is 0.0747. The van der Waals surface area contributed by atoms with Gasteiger partial charge in [0.1, 0.15) is 0 Å². The molecule has 3 rings (SSSR count). The van der Waals surface area contributed by atoms with E-state index in [4.69, 9.17) is 11.6 Å². The number of benzene rings is 1. The van der Waals surface area contributed by atoms with Crippen molar-refractivity contribution in [2.45, 2.75) is 38.3 Å². The van der Waals surface area contributed by atoms with Crippen LogP contribution in [0.15, 0.2) is 18.2 Å². The quantitative estimate of drug-likeness (QED) is 0.856. The molecule has 19 heavy (non-hydrogen) atoms. The van der Waals surface area contributed by atoms with Crippen LogP contribution in [0.3, 0.4) is 0 Å². The van der Waals surface area contributed by atoms with Crippen molar-refractivity contribution in [1.82, 2.24) is 10.2 Å². The van der Waals surface area contributed by atoms with Gasteiger partial charge in [-0.25, -0.2) is 0 Å². The zero-order valence-electron chi connectivity index (χ0n) is 11.2. The van der Waals surface area contributed by atoms with Gasteiger partial charge in [0, 0.05) is 35.8 Å². The number of rotatable bonds is 1. The van der Waals surface area contributed by atoms with E-state index < -0.39 is 0 Å². The average molecular weight is 279 g/mol. The van der Waals surface area contributed by atoms with Crippen molar-refractivity contribution in [3.63, 3.8) is 0 Å². The van der Waals surface area contributed by atoms with Gasteiger partial charge in [-0.2, -0.15) is 0 Å². The zero-order chi connectivity index (χ0) is 13.4. The maximum absolute atomic E-state index is 12.6. The third-order valence-corrected chi connectivity index (χ3v) is 4.46. The lowest BCUT2D eigenvalue weighted by atomic mass is 10.0. The molecule has 0 radical (unpaired) electrons. The van der Waals surface area contributed by atoms with Crippen LogP contribution >= 0.6 is 11.6 Å². The highest BCUT2D eigenvalue weighted by atomic mass is 35.5. The van der Waals surface area contributed by atoms with Crippen molar-refractivity contribution >= 4 is 17.5 Å². The Labute approximate surface area is 118 Å². The van der Waals surface area contributed by atoms with Crippen LogP contribution in [0.2, 0.25) is 5.02 Å². The number of hydrogen-bond donors (Lipinski definition) is 1. The van der Waals surface area contributed by atoms with Crippen molar-refractivity contribution in [2.24, 2.45) is 0 Å². The molecule has 0 aromatic heterocycles. The summed E-state index contributed by atoms with van der Waals surface area (Å²) in [5, 5.41) is 4.28. The Balaban J connectivity index is 1.79. The molecule has 1 aromatic rings. The summed E-state index contributed by atoms with van der Waals surface area (Å²) in [6.07, 6.45) is 3.51. The molecule has 102 valence electrons. The molecule has 0 saturated carbocycles. The first-order chi connectivity index (χ1) is 9.13. The number of halogens is 1. The fourth-order valence-electron chi connectivity index (χ4n) is 3.16. The van der Waals surface area contributed by atoms with Crippen LogP contribution in [0, 0.1) is 6.92 Å². The number of aryl methyl sites for hydroxylation is 1. The molecule has 0 aliphatic carbocycles.